The van der Waals surface area contributed by atoms with E-state index in [1.54, 1.807) is 0 Å². The van der Waals surface area contributed by atoms with Gasteiger partial charge in [0.05, 0.1) is 12.2 Å². The molecule has 3 nitrogen and oxygen atoms in total. The van der Waals surface area contributed by atoms with E-state index in [0.29, 0.717) is 6.61 Å². The second-order valence-corrected chi connectivity index (χ2v) is 5.57. The topological polar surface area (TPSA) is 30.5 Å². The lowest BCUT2D eigenvalue weighted by Gasteiger charge is -2.31. The number of nitrogens with one attached hydrogen (secondary N) is 1. The monoisotopic (exact) mass is 297 g/mol. The Morgan fingerprint density at radius 3 is 2.76 bits per heavy atom. The van der Waals surface area contributed by atoms with Gasteiger partial charge in [-0.3, -0.25) is 0 Å². The summed E-state index contributed by atoms with van der Waals surface area (Å²) in [5.74, 6) is 0. The van der Waals surface area contributed by atoms with Gasteiger partial charge in [-0.25, -0.2) is 0 Å². The first-order chi connectivity index (χ1) is 8.29. The molecule has 0 saturated carbocycles. The van der Waals surface area contributed by atoms with Crippen LogP contribution in [0.25, 0.3) is 0 Å². The molecule has 1 aromatic carbocycles. The summed E-state index contributed by atoms with van der Waals surface area (Å²) < 4.78 is 13.0. The summed E-state index contributed by atoms with van der Waals surface area (Å²) in [5.41, 5.74) is 1.02. The van der Waals surface area contributed by atoms with Crippen molar-refractivity contribution >= 4 is 15.9 Å². The SMILES string of the molecule is Brc1ccccc1C1OCC2(CCNCC2)O1. The fourth-order valence-corrected chi connectivity index (χ4v) is 2.96. The number of halogens is 1. The van der Waals surface area contributed by atoms with E-state index in [2.05, 4.69) is 27.3 Å². The fourth-order valence-electron chi connectivity index (χ4n) is 2.49. The Balaban J connectivity index is 1.77. The summed E-state index contributed by atoms with van der Waals surface area (Å²) in [4.78, 5) is 0. The lowest BCUT2D eigenvalue weighted by Crippen LogP contribution is -2.43. The maximum Gasteiger partial charge on any atom is 0.185 e. The largest absolute Gasteiger partial charge is 0.345 e. The van der Waals surface area contributed by atoms with Gasteiger partial charge in [0.2, 0.25) is 0 Å². The Bertz CT molecular complexity index is 404. The number of rotatable bonds is 1. The molecule has 2 aliphatic rings. The Kier molecular flexibility index (Phi) is 3.21. The van der Waals surface area contributed by atoms with Gasteiger partial charge in [-0.2, -0.15) is 0 Å². The van der Waals surface area contributed by atoms with Gasteiger partial charge in [0.15, 0.2) is 6.29 Å². The molecule has 2 aliphatic heterocycles. The minimum atomic E-state index is -0.219. The summed E-state index contributed by atoms with van der Waals surface area (Å²) >= 11 is 3.55. The zero-order chi connectivity index (χ0) is 11.7. The Hall–Kier alpha value is -0.420. The highest BCUT2D eigenvalue weighted by Crippen LogP contribution is 2.40. The molecule has 3 rings (SSSR count). The summed E-state index contributed by atoms with van der Waals surface area (Å²) in [5, 5.41) is 3.36. The predicted molar refractivity (Wildman–Crippen MR) is 68.8 cm³/mol. The zero-order valence-electron chi connectivity index (χ0n) is 9.62. The number of ether oxygens (including phenoxy) is 2. The molecule has 1 N–H and O–H groups in total. The highest BCUT2D eigenvalue weighted by molar-refractivity contribution is 9.10. The van der Waals surface area contributed by atoms with E-state index >= 15 is 0 Å². The van der Waals surface area contributed by atoms with Crippen LogP contribution in [0.1, 0.15) is 24.7 Å². The van der Waals surface area contributed by atoms with Gasteiger partial charge >= 0.3 is 0 Å². The summed E-state index contributed by atoms with van der Waals surface area (Å²) in [7, 11) is 0. The van der Waals surface area contributed by atoms with Gasteiger partial charge in [0.25, 0.3) is 0 Å². The number of hydrogen-bond acceptors (Lipinski definition) is 3. The molecular formula is C13H16BrNO2. The lowest BCUT2D eigenvalue weighted by molar-refractivity contribution is -0.101. The molecule has 0 aliphatic carbocycles. The van der Waals surface area contributed by atoms with Crippen LogP contribution < -0.4 is 5.32 Å². The molecule has 0 radical (unpaired) electrons. The van der Waals surface area contributed by atoms with Crippen LogP contribution in [0.2, 0.25) is 0 Å². The van der Waals surface area contributed by atoms with Crippen LogP contribution >= 0.6 is 15.9 Å². The molecule has 1 aromatic rings. The highest BCUT2D eigenvalue weighted by atomic mass is 79.9. The molecule has 1 spiro atoms. The van der Waals surface area contributed by atoms with Crippen molar-refractivity contribution in [3.63, 3.8) is 0 Å². The van der Waals surface area contributed by atoms with Gasteiger partial charge in [0.1, 0.15) is 0 Å². The van der Waals surface area contributed by atoms with E-state index in [4.69, 9.17) is 9.47 Å². The molecule has 0 bridgehead atoms. The van der Waals surface area contributed by atoms with Crippen LogP contribution in [0.15, 0.2) is 28.7 Å². The Labute approximate surface area is 110 Å². The normalized spacial score (nSPS) is 27.5. The van der Waals surface area contributed by atoms with E-state index in [0.717, 1.165) is 36.0 Å². The number of piperidine rings is 1. The van der Waals surface area contributed by atoms with Gasteiger partial charge in [0, 0.05) is 10.0 Å². The first-order valence-corrected chi connectivity index (χ1v) is 6.83. The second-order valence-electron chi connectivity index (χ2n) is 4.72. The van der Waals surface area contributed by atoms with Crippen LogP contribution in [0.5, 0.6) is 0 Å². The van der Waals surface area contributed by atoms with E-state index in [1.807, 2.05) is 18.2 Å². The molecular weight excluding hydrogens is 282 g/mol. The average Bonchev–Trinajstić information content (AvgIpc) is 2.74. The molecule has 92 valence electrons. The van der Waals surface area contributed by atoms with Crippen molar-refractivity contribution in [2.24, 2.45) is 0 Å². The zero-order valence-corrected chi connectivity index (χ0v) is 11.2. The third-order valence-electron chi connectivity index (χ3n) is 3.53. The van der Waals surface area contributed by atoms with Crippen LogP contribution in [-0.4, -0.2) is 25.3 Å². The van der Waals surface area contributed by atoms with Crippen molar-refractivity contribution in [1.29, 1.82) is 0 Å². The molecule has 2 saturated heterocycles. The van der Waals surface area contributed by atoms with Crippen molar-refractivity contribution in [2.75, 3.05) is 19.7 Å². The van der Waals surface area contributed by atoms with Crippen molar-refractivity contribution in [3.05, 3.63) is 34.3 Å². The van der Waals surface area contributed by atoms with Crippen molar-refractivity contribution in [2.45, 2.75) is 24.7 Å². The molecule has 2 heterocycles. The van der Waals surface area contributed by atoms with E-state index in [-0.39, 0.29) is 11.9 Å². The maximum atomic E-state index is 6.16. The molecule has 2 fully saturated rings. The summed E-state index contributed by atoms with van der Waals surface area (Å²) in [6, 6.07) is 8.09. The highest BCUT2D eigenvalue weighted by Gasteiger charge is 2.42. The predicted octanol–water partition coefficient (Wildman–Crippen LogP) is 2.62. The summed E-state index contributed by atoms with van der Waals surface area (Å²) in [6.07, 6.45) is 1.85. The molecule has 1 unspecified atom stereocenters. The van der Waals surface area contributed by atoms with Crippen LogP contribution in [-0.2, 0) is 9.47 Å². The van der Waals surface area contributed by atoms with Crippen molar-refractivity contribution in [3.8, 4) is 0 Å². The van der Waals surface area contributed by atoms with E-state index in [1.165, 1.54) is 0 Å². The third-order valence-corrected chi connectivity index (χ3v) is 4.25. The molecule has 17 heavy (non-hydrogen) atoms. The smallest absolute Gasteiger partial charge is 0.185 e. The molecule has 0 aromatic heterocycles. The first kappa shape index (κ1) is 11.7. The Morgan fingerprint density at radius 2 is 2.00 bits per heavy atom. The maximum absolute atomic E-state index is 6.16. The lowest BCUT2D eigenvalue weighted by atomic mass is 9.94. The van der Waals surface area contributed by atoms with Crippen molar-refractivity contribution < 1.29 is 9.47 Å². The van der Waals surface area contributed by atoms with Crippen molar-refractivity contribution in [1.82, 2.24) is 5.32 Å². The van der Waals surface area contributed by atoms with Gasteiger partial charge in [-0.05, 0) is 32.0 Å². The standard InChI is InChI=1S/C13H16BrNO2/c14-11-4-2-1-3-10(11)12-16-9-13(17-12)5-7-15-8-6-13/h1-4,12,15H,5-9H2. The fraction of sp³-hybridized carbons (Fsp3) is 0.538. The quantitative estimate of drug-likeness (QED) is 0.864. The second kappa shape index (κ2) is 4.69. The van der Waals surface area contributed by atoms with E-state index in [9.17, 15) is 0 Å². The van der Waals surface area contributed by atoms with Crippen LogP contribution in [0, 0.1) is 0 Å². The van der Waals surface area contributed by atoms with Gasteiger partial charge in [-0.1, -0.05) is 34.1 Å². The Morgan fingerprint density at radius 1 is 1.24 bits per heavy atom. The molecule has 0 amide bonds. The molecule has 1 atom stereocenters. The minimum Gasteiger partial charge on any atom is -0.345 e. The molecule has 4 heteroatoms. The van der Waals surface area contributed by atoms with Crippen LogP contribution in [0.3, 0.4) is 0 Å². The van der Waals surface area contributed by atoms with Gasteiger partial charge in [-0.15, -0.1) is 0 Å². The summed E-state index contributed by atoms with van der Waals surface area (Å²) in [6.45, 7) is 2.75. The number of hydrogen-bond donors (Lipinski definition) is 1. The van der Waals surface area contributed by atoms with Gasteiger partial charge < -0.3 is 14.8 Å². The third kappa shape index (κ3) is 2.27. The van der Waals surface area contributed by atoms with Crippen LogP contribution in [0.4, 0.5) is 0 Å². The first-order valence-electron chi connectivity index (χ1n) is 6.04. The minimum absolute atomic E-state index is 0.0643. The van der Waals surface area contributed by atoms with E-state index < -0.39 is 0 Å². The number of benzene rings is 1. The average molecular weight is 298 g/mol.